The Kier molecular flexibility index (Phi) is 4.42. The maximum absolute atomic E-state index is 11.0. The van der Waals surface area contributed by atoms with Crippen LogP contribution in [0.5, 0.6) is 11.5 Å². The molecule has 0 unspecified atom stereocenters. The van der Waals surface area contributed by atoms with Crippen molar-refractivity contribution < 1.29 is 19.4 Å². The molecule has 0 amide bonds. The zero-order valence-corrected chi connectivity index (χ0v) is 11.4. The summed E-state index contributed by atoms with van der Waals surface area (Å²) in [5.41, 5.74) is 0.591. The van der Waals surface area contributed by atoms with Gasteiger partial charge in [0.25, 0.3) is 0 Å². The second-order valence-electron chi connectivity index (χ2n) is 3.90. The summed E-state index contributed by atoms with van der Waals surface area (Å²) in [5, 5.41) is 9.57. The Balaban J connectivity index is 2.21. The van der Waals surface area contributed by atoms with Crippen molar-refractivity contribution in [2.75, 3.05) is 7.11 Å². The van der Waals surface area contributed by atoms with Crippen molar-refractivity contribution in [2.45, 2.75) is 6.61 Å². The lowest BCUT2D eigenvalue weighted by molar-refractivity contribution is 0.0685. The molecule has 0 fully saturated rings. The first-order valence-corrected chi connectivity index (χ1v) is 6.13. The number of halogens is 1. The van der Waals surface area contributed by atoms with E-state index in [0.717, 1.165) is 5.56 Å². The first-order valence-electron chi connectivity index (χ1n) is 5.75. The number of aromatic carboxylic acids is 1. The Hall–Kier alpha value is -2.27. The maximum Gasteiger partial charge on any atom is 0.358 e. The van der Waals surface area contributed by atoms with Crippen LogP contribution in [0.15, 0.2) is 36.5 Å². The van der Waals surface area contributed by atoms with Gasteiger partial charge >= 0.3 is 5.97 Å². The van der Waals surface area contributed by atoms with Crippen LogP contribution in [0.3, 0.4) is 0 Å². The topological polar surface area (TPSA) is 68.7 Å². The van der Waals surface area contributed by atoms with E-state index in [2.05, 4.69) is 4.98 Å². The van der Waals surface area contributed by atoms with Crippen LogP contribution in [-0.4, -0.2) is 23.2 Å². The molecule has 6 heteroatoms. The monoisotopic (exact) mass is 293 g/mol. The predicted octanol–water partition coefficient (Wildman–Crippen LogP) is 3.02. The van der Waals surface area contributed by atoms with Crippen LogP contribution in [0.1, 0.15) is 16.1 Å². The summed E-state index contributed by atoms with van der Waals surface area (Å²) >= 11 is 5.92. The Labute approximate surface area is 120 Å². The number of pyridine rings is 1. The third-order valence-electron chi connectivity index (χ3n) is 2.60. The minimum absolute atomic E-state index is 0.131. The largest absolute Gasteiger partial charge is 0.496 e. The Morgan fingerprint density at radius 3 is 2.85 bits per heavy atom. The summed E-state index contributed by atoms with van der Waals surface area (Å²) in [6.07, 6.45) is 1.40. The molecule has 2 rings (SSSR count). The van der Waals surface area contributed by atoms with Crippen LogP contribution in [-0.2, 0) is 6.61 Å². The van der Waals surface area contributed by atoms with E-state index in [1.807, 2.05) is 0 Å². The zero-order chi connectivity index (χ0) is 14.5. The van der Waals surface area contributed by atoms with Crippen LogP contribution in [0.4, 0.5) is 0 Å². The van der Waals surface area contributed by atoms with Gasteiger partial charge in [-0.1, -0.05) is 11.6 Å². The van der Waals surface area contributed by atoms with Gasteiger partial charge in [-0.3, -0.25) is 0 Å². The molecule has 0 aliphatic heterocycles. The summed E-state index contributed by atoms with van der Waals surface area (Å²) in [4.78, 5) is 14.8. The molecule has 0 bridgehead atoms. The molecule has 0 aliphatic rings. The fraction of sp³-hybridized carbons (Fsp3) is 0.143. The molecule has 20 heavy (non-hydrogen) atoms. The highest BCUT2D eigenvalue weighted by Gasteiger charge is 2.13. The van der Waals surface area contributed by atoms with Crippen molar-refractivity contribution in [1.82, 2.24) is 4.98 Å². The lowest BCUT2D eigenvalue weighted by Crippen LogP contribution is -2.06. The van der Waals surface area contributed by atoms with Crippen molar-refractivity contribution in [3.63, 3.8) is 0 Å². The molecule has 0 atom stereocenters. The first-order chi connectivity index (χ1) is 9.61. The van der Waals surface area contributed by atoms with E-state index in [9.17, 15) is 4.79 Å². The zero-order valence-electron chi connectivity index (χ0n) is 10.7. The lowest BCUT2D eigenvalue weighted by Gasteiger charge is -2.11. The molecule has 1 heterocycles. The number of carbonyl (C=O) groups is 1. The Bertz CT molecular complexity index is 630. The van der Waals surface area contributed by atoms with Crippen LogP contribution in [0.25, 0.3) is 0 Å². The van der Waals surface area contributed by atoms with Crippen molar-refractivity contribution >= 4 is 17.6 Å². The van der Waals surface area contributed by atoms with Gasteiger partial charge in [0.1, 0.15) is 12.4 Å². The van der Waals surface area contributed by atoms with E-state index in [-0.39, 0.29) is 18.1 Å². The number of benzene rings is 1. The molecule has 0 radical (unpaired) electrons. The van der Waals surface area contributed by atoms with Gasteiger partial charge in [0.15, 0.2) is 11.4 Å². The van der Waals surface area contributed by atoms with Crippen molar-refractivity contribution in [2.24, 2.45) is 0 Å². The third kappa shape index (κ3) is 3.19. The van der Waals surface area contributed by atoms with E-state index >= 15 is 0 Å². The van der Waals surface area contributed by atoms with Crippen molar-refractivity contribution in [3.8, 4) is 11.5 Å². The maximum atomic E-state index is 11.0. The van der Waals surface area contributed by atoms with Gasteiger partial charge in [0.05, 0.1) is 7.11 Å². The summed E-state index contributed by atoms with van der Waals surface area (Å²) < 4.78 is 10.7. The van der Waals surface area contributed by atoms with Gasteiger partial charge < -0.3 is 14.6 Å². The molecule has 0 saturated carbocycles. The van der Waals surface area contributed by atoms with Crippen molar-refractivity contribution in [1.29, 1.82) is 0 Å². The summed E-state index contributed by atoms with van der Waals surface area (Å²) in [7, 11) is 1.54. The molecular formula is C14H12ClNO4. The molecule has 1 aromatic heterocycles. The molecule has 0 spiro atoms. The standard InChI is InChI=1S/C14H12ClNO4/c1-19-11-5-4-10(15)7-9(11)8-20-12-3-2-6-16-13(12)14(17)18/h2-7H,8H2,1H3,(H,17,18). The highest BCUT2D eigenvalue weighted by Crippen LogP contribution is 2.25. The number of methoxy groups -OCH3 is 1. The summed E-state index contributed by atoms with van der Waals surface area (Å²) in [5.74, 6) is -0.323. The SMILES string of the molecule is COc1ccc(Cl)cc1COc1cccnc1C(=O)O. The summed E-state index contributed by atoms with van der Waals surface area (Å²) in [6, 6.07) is 8.29. The van der Waals surface area contributed by atoms with E-state index in [1.54, 1.807) is 37.4 Å². The average molecular weight is 294 g/mol. The quantitative estimate of drug-likeness (QED) is 0.917. The second-order valence-corrected chi connectivity index (χ2v) is 4.34. The third-order valence-corrected chi connectivity index (χ3v) is 2.83. The minimum atomic E-state index is -1.14. The fourth-order valence-electron chi connectivity index (χ4n) is 1.68. The number of hydrogen-bond donors (Lipinski definition) is 1. The van der Waals surface area contributed by atoms with Gasteiger partial charge in [-0.2, -0.15) is 0 Å². The Morgan fingerprint density at radius 2 is 2.15 bits per heavy atom. The fourth-order valence-corrected chi connectivity index (χ4v) is 1.88. The number of carboxylic acid groups (broad SMARTS) is 1. The smallest absolute Gasteiger partial charge is 0.358 e. The van der Waals surface area contributed by atoms with Gasteiger partial charge in [-0.05, 0) is 30.3 Å². The van der Waals surface area contributed by atoms with E-state index in [1.165, 1.54) is 6.20 Å². The normalized spacial score (nSPS) is 10.1. The molecule has 0 aliphatic carbocycles. The number of aromatic nitrogens is 1. The van der Waals surface area contributed by atoms with E-state index in [4.69, 9.17) is 26.2 Å². The number of rotatable bonds is 5. The number of ether oxygens (including phenoxy) is 2. The highest BCUT2D eigenvalue weighted by molar-refractivity contribution is 6.30. The molecular weight excluding hydrogens is 282 g/mol. The lowest BCUT2D eigenvalue weighted by atomic mass is 10.2. The number of hydrogen-bond acceptors (Lipinski definition) is 4. The number of nitrogens with zero attached hydrogens (tertiary/aromatic N) is 1. The van der Waals surface area contributed by atoms with Gasteiger partial charge in [0, 0.05) is 16.8 Å². The highest BCUT2D eigenvalue weighted by atomic mass is 35.5. The molecule has 104 valence electrons. The second kappa shape index (κ2) is 6.25. The van der Waals surface area contributed by atoms with Gasteiger partial charge in [-0.25, -0.2) is 9.78 Å². The van der Waals surface area contributed by atoms with Crippen LogP contribution in [0, 0.1) is 0 Å². The molecule has 0 saturated heterocycles. The van der Waals surface area contributed by atoms with Gasteiger partial charge in [-0.15, -0.1) is 0 Å². The van der Waals surface area contributed by atoms with Crippen molar-refractivity contribution in [3.05, 3.63) is 52.8 Å². The molecule has 1 N–H and O–H groups in total. The first kappa shape index (κ1) is 14.1. The predicted molar refractivity (Wildman–Crippen MR) is 73.5 cm³/mol. The molecule has 2 aromatic rings. The van der Waals surface area contributed by atoms with Gasteiger partial charge in [0.2, 0.25) is 0 Å². The van der Waals surface area contributed by atoms with Crippen LogP contribution >= 0.6 is 11.6 Å². The van der Waals surface area contributed by atoms with E-state index in [0.29, 0.717) is 10.8 Å². The summed E-state index contributed by atoms with van der Waals surface area (Å²) in [6.45, 7) is 0.135. The van der Waals surface area contributed by atoms with E-state index < -0.39 is 5.97 Å². The average Bonchev–Trinajstić information content (AvgIpc) is 2.45. The Morgan fingerprint density at radius 1 is 1.35 bits per heavy atom. The van der Waals surface area contributed by atoms with Crippen LogP contribution < -0.4 is 9.47 Å². The molecule has 5 nitrogen and oxygen atoms in total. The molecule has 1 aromatic carbocycles. The van der Waals surface area contributed by atoms with Crippen LogP contribution in [0.2, 0.25) is 5.02 Å². The number of carboxylic acids is 1. The minimum Gasteiger partial charge on any atom is -0.496 e.